The zero-order chi connectivity index (χ0) is 17.5. The highest BCUT2D eigenvalue weighted by Gasteiger charge is 2.10. The van der Waals surface area contributed by atoms with E-state index in [9.17, 15) is 14.7 Å². The number of benzene rings is 2. The predicted octanol–water partition coefficient (Wildman–Crippen LogP) is 3.29. The molecule has 2 aromatic carbocycles. The van der Waals surface area contributed by atoms with Crippen molar-refractivity contribution >= 4 is 51.2 Å². The van der Waals surface area contributed by atoms with E-state index >= 15 is 0 Å². The van der Waals surface area contributed by atoms with Gasteiger partial charge < -0.3 is 10.4 Å². The molecule has 124 valence electrons. The number of halogens is 2. The molecule has 0 saturated heterocycles. The second-order valence-corrected chi connectivity index (χ2v) is 5.97. The van der Waals surface area contributed by atoms with Gasteiger partial charge in [0.2, 0.25) is 11.8 Å². The summed E-state index contributed by atoms with van der Waals surface area (Å²) in [6.07, 6.45) is 1.01. The van der Waals surface area contributed by atoms with Crippen molar-refractivity contribution in [1.82, 2.24) is 5.43 Å². The maximum Gasteiger partial charge on any atom is 0.249 e. The Labute approximate surface area is 151 Å². The molecule has 0 aliphatic heterocycles. The molecule has 2 aromatic rings. The zero-order valence-electron chi connectivity index (χ0n) is 12.3. The minimum absolute atomic E-state index is 0.104. The van der Waals surface area contributed by atoms with Crippen LogP contribution in [0.5, 0.6) is 5.75 Å². The first kappa shape index (κ1) is 18.0. The quantitative estimate of drug-likeness (QED) is 0.401. The van der Waals surface area contributed by atoms with E-state index in [4.69, 9.17) is 11.6 Å². The first-order chi connectivity index (χ1) is 11.5. The van der Waals surface area contributed by atoms with Crippen LogP contribution in [-0.2, 0) is 9.59 Å². The van der Waals surface area contributed by atoms with Crippen molar-refractivity contribution in [1.29, 1.82) is 0 Å². The van der Waals surface area contributed by atoms with Gasteiger partial charge in [-0.3, -0.25) is 9.59 Å². The summed E-state index contributed by atoms with van der Waals surface area (Å²) in [7, 11) is 0. The number of nitrogens with one attached hydrogen (secondary N) is 2. The second-order valence-electron chi connectivity index (χ2n) is 4.71. The minimum Gasteiger partial charge on any atom is -0.507 e. The Morgan fingerprint density at radius 1 is 1.21 bits per heavy atom. The van der Waals surface area contributed by atoms with E-state index < -0.39 is 11.8 Å². The molecule has 0 bridgehead atoms. The SMILES string of the molecule is O=C(CC(=O)Nc1ccccc1Cl)NN=Cc1ccc(O)c(Br)c1. The van der Waals surface area contributed by atoms with Crippen molar-refractivity contribution in [2.45, 2.75) is 6.42 Å². The Morgan fingerprint density at radius 2 is 1.96 bits per heavy atom. The van der Waals surface area contributed by atoms with Gasteiger partial charge in [-0.2, -0.15) is 5.10 Å². The van der Waals surface area contributed by atoms with E-state index in [0.29, 0.717) is 20.7 Å². The average Bonchev–Trinajstić information content (AvgIpc) is 2.53. The molecule has 0 unspecified atom stereocenters. The predicted molar refractivity (Wildman–Crippen MR) is 96.2 cm³/mol. The lowest BCUT2D eigenvalue weighted by atomic mass is 10.2. The highest BCUT2D eigenvalue weighted by atomic mass is 79.9. The number of anilines is 1. The number of amides is 2. The third kappa shape index (κ3) is 5.36. The molecular formula is C16H13BrClN3O3. The van der Waals surface area contributed by atoms with E-state index in [2.05, 4.69) is 31.8 Å². The molecule has 0 aromatic heterocycles. The number of carbonyl (C=O) groups is 2. The number of para-hydroxylation sites is 1. The maximum atomic E-state index is 11.8. The lowest BCUT2D eigenvalue weighted by Gasteiger charge is -2.06. The lowest BCUT2D eigenvalue weighted by Crippen LogP contribution is -2.24. The Kier molecular flexibility index (Phi) is 6.34. The van der Waals surface area contributed by atoms with Gasteiger partial charge in [0.05, 0.1) is 21.4 Å². The first-order valence-electron chi connectivity index (χ1n) is 6.80. The second kappa shape index (κ2) is 8.47. The number of phenolic OH excluding ortho intramolecular Hbond substituents is 1. The number of nitrogens with zero attached hydrogens (tertiary/aromatic N) is 1. The molecule has 0 atom stereocenters. The van der Waals surface area contributed by atoms with Gasteiger partial charge in [0.15, 0.2) is 0 Å². The summed E-state index contributed by atoms with van der Waals surface area (Å²) in [4.78, 5) is 23.4. The van der Waals surface area contributed by atoms with Gasteiger partial charge in [0.25, 0.3) is 0 Å². The summed E-state index contributed by atoms with van der Waals surface area (Å²) in [5.74, 6) is -0.954. The normalized spacial score (nSPS) is 10.6. The fraction of sp³-hybridized carbons (Fsp3) is 0.0625. The van der Waals surface area contributed by atoms with Gasteiger partial charge in [-0.1, -0.05) is 23.7 Å². The molecule has 0 radical (unpaired) electrons. The smallest absolute Gasteiger partial charge is 0.249 e. The van der Waals surface area contributed by atoms with Gasteiger partial charge in [0.1, 0.15) is 12.2 Å². The van der Waals surface area contributed by atoms with Gasteiger partial charge in [-0.05, 0) is 51.8 Å². The molecule has 8 heteroatoms. The number of phenols is 1. The van der Waals surface area contributed by atoms with E-state index in [1.165, 1.54) is 12.3 Å². The monoisotopic (exact) mass is 409 g/mol. The van der Waals surface area contributed by atoms with E-state index in [1.807, 2.05) is 0 Å². The Hall–Kier alpha value is -2.38. The largest absolute Gasteiger partial charge is 0.507 e. The average molecular weight is 411 g/mol. The van der Waals surface area contributed by atoms with Crippen molar-refractivity contribution in [2.75, 3.05) is 5.32 Å². The van der Waals surface area contributed by atoms with E-state index in [1.54, 1.807) is 36.4 Å². The van der Waals surface area contributed by atoms with Crippen LogP contribution >= 0.6 is 27.5 Å². The Morgan fingerprint density at radius 3 is 2.67 bits per heavy atom. The van der Waals surface area contributed by atoms with Crippen LogP contribution in [0.2, 0.25) is 5.02 Å². The molecule has 0 aliphatic rings. The molecule has 2 amide bonds. The molecule has 0 saturated carbocycles. The molecule has 0 heterocycles. The van der Waals surface area contributed by atoms with Crippen molar-refractivity contribution in [3.63, 3.8) is 0 Å². The summed E-state index contributed by atoms with van der Waals surface area (Å²) >= 11 is 9.09. The first-order valence-corrected chi connectivity index (χ1v) is 7.97. The molecule has 3 N–H and O–H groups in total. The fourth-order valence-corrected chi connectivity index (χ4v) is 2.30. The minimum atomic E-state index is -0.561. The molecule has 0 fully saturated rings. The molecular weight excluding hydrogens is 398 g/mol. The van der Waals surface area contributed by atoms with Crippen LogP contribution in [-0.4, -0.2) is 23.1 Å². The highest BCUT2D eigenvalue weighted by Crippen LogP contribution is 2.23. The number of hydrazone groups is 1. The van der Waals surface area contributed by atoms with Crippen molar-refractivity contribution in [3.05, 3.63) is 57.5 Å². The summed E-state index contributed by atoms with van der Waals surface area (Å²) in [5, 5.41) is 16.1. The number of hydrogen-bond acceptors (Lipinski definition) is 4. The number of rotatable bonds is 5. The molecule has 0 spiro atoms. The third-order valence-corrected chi connectivity index (χ3v) is 3.81. The zero-order valence-corrected chi connectivity index (χ0v) is 14.6. The topological polar surface area (TPSA) is 90.8 Å². The van der Waals surface area contributed by atoms with Crippen LogP contribution in [0.25, 0.3) is 0 Å². The molecule has 0 aliphatic carbocycles. The third-order valence-electron chi connectivity index (χ3n) is 2.84. The van der Waals surface area contributed by atoms with Crippen LogP contribution in [0.1, 0.15) is 12.0 Å². The summed E-state index contributed by atoms with van der Waals surface area (Å²) in [5.41, 5.74) is 3.36. The number of aromatic hydroxyl groups is 1. The van der Waals surface area contributed by atoms with Crippen LogP contribution < -0.4 is 10.7 Å². The van der Waals surface area contributed by atoms with E-state index in [0.717, 1.165) is 0 Å². The van der Waals surface area contributed by atoms with Crippen molar-refractivity contribution in [2.24, 2.45) is 5.10 Å². The Bertz CT molecular complexity index is 796. The van der Waals surface area contributed by atoms with Gasteiger partial charge in [-0.25, -0.2) is 5.43 Å². The molecule has 6 nitrogen and oxygen atoms in total. The van der Waals surface area contributed by atoms with Gasteiger partial charge in [0, 0.05) is 0 Å². The van der Waals surface area contributed by atoms with Gasteiger partial charge in [-0.15, -0.1) is 0 Å². The van der Waals surface area contributed by atoms with Crippen molar-refractivity contribution < 1.29 is 14.7 Å². The van der Waals surface area contributed by atoms with Crippen LogP contribution in [0.15, 0.2) is 52.0 Å². The summed E-state index contributed by atoms with van der Waals surface area (Å²) in [6.45, 7) is 0. The molecule has 2 rings (SSSR count). The fourth-order valence-electron chi connectivity index (χ4n) is 1.72. The van der Waals surface area contributed by atoms with Crippen LogP contribution in [0.3, 0.4) is 0 Å². The molecule has 24 heavy (non-hydrogen) atoms. The highest BCUT2D eigenvalue weighted by molar-refractivity contribution is 9.10. The maximum absolute atomic E-state index is 11.8. The lowest BCUT2D eigenvalue weighted by molar-refractivity contribution is -0.126. The van der Waals surface area contributed by atoms with Crippen LogP contribution in [0, 0.1) is 0 Å². The summed E-state index contributed by atoms with van der Waals surface area (Å²) < 4.78 is 0.511. The number of hydrogen-bond donors (Lipinski definition) is 3. The van der Waals surface area contributed by atoms with E-state index in [-0.39, 0.29) is 12.2 Å². The van der Waals surface area contributed by atoms with Crippen LogP contribution in [0.4, 0.5) is 5.69 Å². The standard InChI is InChI=1S/C16H13BrClN3O3/c17-11-7-10(5-6-14(11)22)9-19-21-16(24)8-15(23)20-13-4-2-1-3-12(13)18/h1-7,9,22H,8H2,(H,20,23)(H,21,24). The number of carbonyl (C=O) groups excluding carboxylic acids is 2. The van der Waals surface area contributed by atoms with Crippen molar-refractivity contribution in [3.8, 4) is 5.75 Å². The Balaban J connectivity index is 1.84. The summed E-state index contributed by atoms with van der Waals surface area (Å²) in [6, 6.07) is 11.5. The van der Waals surface area contributed by atoms with Gasteiger partial charge >= 0.3 is 0 Å².